The van der Waals surface area contributed by atoms with Crippen LogP contribution in [0.15, 0.2) is 0 Å². The fourth-order valence-electron chi connectivity index (χ4n) is 1.95. The van der Waals surface area contributed by atoms with E-state index in [1.54, 1.807) is 0 Å². The number of nitrogens with one attached hydrogen (secondary N) is 1. The molecule has 0 amide bonds. The van der Waals surface area contributed by atoms with Crippen LogP contribution in [0.2, 0.25) is 0 Å². The topological polar surface area (TPSA) is 12.0 Å². The van der Waals surface area contributed by atoms with E-state index in [1.165, 1.54) is 0 Å². The van der Waals surface area contributed by atoms with Gasteiger partial charge in [-0.25, -0.2) is 22.0 Å². The largest absolute Gasteiger partial charge is 0.380 e. The molecule has 0 aliphatic heterocycles. The summed E-state index contributed by atoms with van der Waals surface area (Å²) in [6, 6.07) is 0. The monoisotopic (exact) mass is 295 g/mol. The molecule has 1 aromatic rings. The van der Waals surface area contributed by atoms with Gasteiger partial charge in [-0.3, -0.25) is 0 Å². The first-order valence-electron chi connectivity index (χ1n) is 6.69. The van der Waals surface area contributed by atoms with Gasteiger partial charge in [0.15, 0.2) is 23.3 Å². The minimum absolute atomic E-state index is 0.130. The van der Waals surface area contributed by atoms with Crippen LogP contribution in [-0.2, 0) is 0 Å². The molecule has 20 heavy (non-hydrogen) atoms. The summed E-state index contributed by atoms with van der Waals surface area (Å²) in [5.74, 6) is -9.48. The SMILES string of the molecule is CCCCC(CC)CNc1c(F)c(F)c(F)c(F)c1F. The molecule has 0 radical (unpaired) electrons. The van der Waals surface area contributed by atoms with Gasteiger partial charge in [0.25, 0.3) is 0 Å². The van der Waals surface area contributed by atoms with Crippen LogP contribution in [-0.4, -0.2) is 6.54 Å². The number of hydrogen-bond donors (Lipinski definition) is 1. The first-order valence-corrected chi connectivity index (χ1v) is 6.69. The van der Waals surface area contributed by atoms with E-state index in [1.807, 2.05) is 13.8 Å². The van der Waals surface area contributed by atoms with Crippen molar-refractivity contribution in [2.75, 3.05) is 11.9 Å². The summed E-state index contributed by atoms with van der Waals surface area (Å²) >= 11 is 0. The van der Waals surface area contributed by atoms with Gasteiger partial charge in [-0.1, -0.05) is 33.1 Å². The molecule has 1 N–H and O–H groups in total. The van der Waals surface area contributed by atoms with Gasteiger partial charge in [0.1, 0.15) is 5.69 Å². The van der Waals surface area contributed by atoms with E-state index in [-0.39, 0.29) is 12.5 Å². The van der Waals surface area contributed by atoms with Crippen molar-refractivity contribution >= 4 is 5.69 Å². The summed E-state index contributed by atoms with van der Waals surface area (Å²) in [5, 5.41) is 2.35. The molecular formula is C14H18F5N. The zero-order valence-electron chi connectivity index (χ0n) is 11.5. The third-order valence-corrected chi connectivity index (χ3v) is 3.32. The summed E-state index contributed by atoms with van der Waals surface area (Å²) in [6.45, 7) is 4.11. The Morgan fingerprint density at radius 1 is 0.850 bits per heavy atom. The Morgan fingerprint density at radius 3 is 1.80 bits per heavy atom. The summed E-state index contributed by atoms with van der Waals surface area (Å²) in [6.07, 6.45) is 3.55. The number of hydrogen-bond acceptors (Lipinski definition) is 1. The average Bonchev–Trinajstić information content (AvgIpc) is 2.46. The van der Waals surface area contributed by atoms with Crippen LogP contribution in [0.4, 0.5) is 27.6 Å². The molecule has 1 rings (SSSR count). The quantitative estimate of drug-likeness (QED) is 0.423. The van der Waals surface area contributed by atoms with Gasteiger partial charge in [0.2, 0.25) is 5.82 Å². The third kappa shape index (κ3) is 3.61. The second-order valence-electron chi connectivity index (χ2n) is 4.74. The van der Waals surface area contributed by atoms with E-state index in [0.29, 0.717) is 0 Å². The molecule has 0 fully saturated rings. The van der Waals surface area contributed by atoms with Gasteiger partial charge in [-0.05, 0) is 12.3 Å². The molecule has 0 saturated heterocycles. The summed E-state index contributed by atoms with van der Waals surface area (Å²) in [7, 11) is 0. The highest BCUT2D eigenvalue weighted by Crippen LogP contribution is 2.27. The van der Waals surface area contributed by atoms with E-state index >= 15 is 0 Å². The van der Waals surface area contributed by atoms with Gasteiger partial charge < -0.3 is 5.32 Å². The number of anilines is 1. The smallest absolute Gasteiger partial charge is 0.200 e. The minimum atomic E-state index is -2.14. The molecule has 0 aliphatic rings. The van der Waals surface area contributed by atoms with E-state index < -0.39 is 34.8 Å². The molecule has 0 saturated carbocycles. The maximum Gasteiger partial charge on any atom is 0.200 e. The van der Waals surface area contributed by atoms with Crippen molar-refractivity contribution in [3.63, 3.8) is 0 Å². The molecule has 0 aromatic heterocycles. The van der Waals surface area contributed by atoms with Crippen molar-refractivity contribution in [2.45, 2.75) is 39.5 Å². The maximum absolute atomic E-state index is 13.4. The average molecular weight is 295 g/mol. The third-order valence-electron chi connectivity index (χ3n) is 3.32. The Kier molecular flexibility index (Phi) is 6.23. The van der Waals surface area contributed by atoms with Gasteiger partial charge >= 0.3 is 0 Å². The van der Waals surface area contributed by atoms with Crippen molar-refractivity contribution in [3.05, 3.63) is 29.1 Å². The van der Waals surface area contributed by atoms with Gasteiger partial charge in [-0.15, -0.1) is 0 Å². The fraction of sp³-hybridized carbons (Fsp3) is 0.571. The van der Waals surface area contributed by atoms with Gasteiger partial charge in [0, 0.05) is 6.54 Å². The maximum atomic E-state index is 13.4. The molecule has 0 spiro atoms. The van der Waals surface area contributed by atoms with Crippen molar-refractivity contribution < 1.29 is 22.0 Å². The predicted molar refractivity (Wildman–Crippen MR) is 68.0 cm³/mol. The second-order valence-corrected chi connectivity index (χ2v) is 4.74. The standard InChI is InChI=1S/C14H18F5N/c1-3-5-6-8(4-2)7-20-14-12(18)10(16)9(15)11(17)13(14)19/h8,20H,3-7H2,1-2H3. The van der Waals surface area contributed by atoms with Crippen LogP contribution >= 0.6 is 0 Å². The van der Waals surface area contributed by atoms with Crippen molar-refractivity contribution in [1.29, 1.82) is 0 Å². The van der Waals surface area contributed by atoms with E-state index in [9.17, 15) is 22.0 Å². The fourth-order valence-corrected chi connectivity index (χ4v) is 1.95. The molecule has 0 heterocycles. The Hall–Kier alpha value is -1.33. The number of benzene rings is 1. The highest BCUT2D eigenvalue weighted by atomic mass is 19.2. The molecule has 1 aromatic carbocycles. The molecule has 0 bridgehead atoms. The van der Waals surface area contributed by atoms with Crippen molar-refractivity contribution in [3.8, 4) is 0 Å². The predicted octanol–water partition coefficient (Wildman–Crippen LogP) is 5.01. The Bertz CT molecular complexity index is 432. The van der Waals surface area contributed by atoms with Crippen molar-refractivity contribution in [2.24, 2.45) is 5.92 Å². The Balaban J connectivity index is 2.87. The highest BCUT2D eigenvalue weighted by molar-refractivity contribution is 5.47. The van der Waals surface area contributed by atoms with Crippen LogP contribution < -0.4 is 5.32 Å². The van der Waals surface area contributed by atoms with E-state index in [4.69, 9.17) is 0 Å². The molecule has 1 nitrogen and oxygen atoms in total. The number of halogens is 5. The minimum Gasteiger partial charge on any atom is -0.380 e. The molecule has 0 aliphatic carbocycles. The second kappa shape index (κ2) is 7.45. The highest BCUT2D eigenvalue weighted by Gasteiger charge is 2.25. The van der Waals surface area contributed by atoms with Crippen LogP contribution in [0.3, 0.4) is 0 Å². The molecule has 1 unspecified atom stereocenters. The number of unbranched alkanes of at least 4 members (excludes halogenated alkanes) is 1. The summed E-state index contributed by atoms with van der Waals surface area (Å²) in [4.78, 5) is 0. The summed E-state index contributed by atoms with van der Waals surface area (Å²) in [5.41, 5.74) is -0.948. The molecular weight excluding hydrogens is 277 g/mol. The van der Waals surface area contributed by atoms with Gasteiger partial charge in [-0.2, -0.15) is 0 Å². The van der Waals surface area contributed by atoms with Crippen molar-refractivity contribution in [1.82, 2.24) is 0 Å². The lowest BCUT2D eigenvalue weighted by Gasteiger charge is -2.17. The first-order chi connectivity index (χ1) is 9.43. The molecule has 1 atom stereocenters. The van der Waals surface area contributed by atoms with Crippen LogP contribution in [0.1, 0.15) is 39.5 Å². The lowest BCUT2D eigenvalue weighted by molar-refractivity contribution is 0.380. The molecule has 6 heteroatoms. The van der Waals surface area contributed by atoms with Gasteiger partial charge in [0.05, 0.1) is 0 Å². The molecule has 114 valence electrons. The lowest BCUT2D eigenvalue weighted by atomic mass is 9.99. The Morgan fingerprint density at radius 2 is 1.35 bits per heavy atom. The van der Waals surface area contributed by atoms with Crippen LogP contribution in [0, 0.1) is 35.0 Å². The Labute approximate surface area is 115 Å². The lowest BCUT2D eigenvalue weighted by Crippen LogP contribution is -2.17. The normalized spacial score (nSPS) is 12.6. The zero-order chi connectivity index (χ0) is 15.3. The summed E-state index contributed by atoms with van der Waals surface area (Å²) < 4.78 is 65.7. The number of rotatable bonds is 7. The van der Waals surface area contributed by atoms with E-state index in [2.05, 4.69) is 5.32 Å². The first kappa shape index (κ1) is 16.7. The van der Waals surface area contributed by atoms with Crippen LogP contribution in [0.5, 0.6) is 0 Å². The van der Waals surface area contributed by atoms with Crippen LogP contribution in [0.25, 0.3) is 0 Å². The van der Waals surface area contributed by atoms with E-state index in [0.717, 1.165) is 25.7 Å². The zero-order valence-corrected chi connectivity index (χ0v) is 11.5.